The summed E-state index contributed by atoms with van der Waals surface area (Å²) in [5.74, 6) is -0.188. The molecule has 2 heterocycles. The van der Waals surface area contributed by atoms with Crippen molar-refractivity contribution in [2.45, 2.75) is 13.1 Å². The zero-order valence-electron chi connectivity index (χ0n) is 14.9. The van der Waals surface area contributed by atoms with E-state index in [0.29, 0.717) is 17.3 Å². The molecular weight excluding hydrogens is 392 g/mol. The number of halogens is 1. The number of nitrogens with one attached hydrogen (secondary N) is 1. The first-order valence-electron chi connectivity index (χ1n) is 8.70. The number of imidazole rings is 1. The van der Waals surface area contributed by atoms with E-state index >= 15 is 0 Å². The van der Waals surface area contributed by atoms with E-state index in [1.54, 1.807) is 17.9 Å². The minimum Gasteiger partial charge on any atom is -0.347 e. The van der Waals surface area contributed by atoms with Gasteiger partial charge < -0.3 is 9.88 Å². The van der Waals surface area contributed by atoms with Gasteiger partial charge in [0.05, 0.1) is 6.33 Å². The highest BCUT2D eigenvalue weighted by Gasteiger charge is 2.12. The van der Waals surface area contributed by atoms with Gasteiger partial charge in [0.15, 0.2) is 0 Å². The first kappa shape index (κ1) is 18.4. The van der Waals surface area contributed by atoms with E-state index in [9.17, 15) is 4.79 Å². The summed E-state index contributed by atoms with van der Waals surface area (Å²) in [4.78, 5) is 20.9. The van der Waals surface area contributed by atoms with Crippen LogP contribution in [0.2, 0.25) is 5.02 Å². The molecule has 2 aromatic carbocycles. The van der Waals surface area contributed by atoms with Gasteiger partial charge in [-0.25, -0.2) is 9.97 Å². The van der Waals surface area contributed by atoms with Gasteiger partial charge in [-0.2, -0.15) is 0 Å². The maximum atomic E-state index is 12.4. The Balaban J connectivity index is 1.35. The summed E-state index contributed by atoms with van der Waals surface area (Å²) in [6.07, 6.45) is 5.49. The molecule has 0 atom stereocenters. The quantitative estimate of drug-likeness (QED) is 0.505. The van der Waals surface area contributed by atoms with Crippen molar-refractivity contribution in [2.24, 2.45) is 0 Å². The summed E-state index contributed by atoms with van der Waals surface area (Å²) in [7, 11) is 0. The molecule has 140 valence electrons. The van der Waals surface area contributed by atoms with Gasteiger partial charge in [-0.3, -0.25) is 4.79 Å². The number of carbonyl (C=O) groups excluding carboxylic acids is 1. The number of aromatic nitrogens is 3. The van der Waals surface area contributed by atoms with Crippen LogP contribution in [0.5, 0.6) is 0 Å². The summed E-state index contributed by atoms with van der Waals surface area (Å²) < 4.78 is 2.01. The van der Waals surface area contributed by atoms with Crippen LogP contribution in [-0.2, 0) is 13.1 Å². The molecule has 1 amide bonds. The Labute approximate surface area is 171 Å². The van der Waals surface area contributed by atoms with Crippen LogP contribution in [0.15, 0.2) is 72.6 Å². The lowest BCUT2D eigenvalue weighted by Crippen LogP contribution is -2.23. The molecule has 0 spiro atoms. The second kappa shape index (κ2) is 8.37. The second-order valence-electron chi connectivity index (χ2n) is 6.28. The van der Waals surface area contributed by atoms with Crippen LogP contribution in [0.25, 0.3) is 10.6 Å². The summed E-state index contributed by atoms with van der Waals surface area (Å²) >= 11 is 7.45. The number of hydrogen-bond acceptors (Lipinski definition) is 4. The predicted octanol–water partition coefficient (Wildman–Crippen LogP) is 4.64. The Morgan fingerprint density at radius 3 is 2.71 bits per heavy atom. The number of rotatable bonds is 6. The van der Waals surface area contributed by atoms with E-state index in [0.717, 1.165) is 22.7 Å². The highest BCUT2D eigenvalue weighted by atomic mass is 35.5. The van der Waals surface area contributed by atoms with Crippen molar-refractivity contribution in [3.8, 4) is 10.6 Å². The Morgan fingerprint density at radius 2 is 1.96 bits per heavy atom. The number of nitrogens with zero attached hydrogens (tertiary/aromatic N) is 3. The van der Waals surface area contributed by atoms with Gasteiger partial charge in [0.25, 0.3) is 5.91 Å². The number of benzene rings is 2. The smallest absolute Gasteiger partial charge is 0.271 e. The van der Waals surface area contributed by atoms with Gasteiger partial charge in [-0.1, -0.05) is 48.0 Å². The molecule has 0 saturated carbocycles. The normalized spacial score (nSPS) is 10.8. The van der Waals surface area contributed by atoms with Gasteiger partial charge >= 0.3 is 0 Å². The molecule has 4 aromatic rings. The molecule has 28 heavy (non-hydrogen) atoms. The van der Waals surface area contributed by atoms with Crippen LogP contribution in [-0.4, -0.2) is 20.4 Å². The number of carbonyl (C=O) groups is 1. The Kier molecular flexibility index (Phi) is 5.50. The predicted molar refractivity (Wildman–Crippen MR) is 112 cm³/mol. The van der Waals surface area contributed by atoms with Crippen molar-refractivity contribution in [1.29, 1.82) is 0 Å². The minimum absolute atomic E-state index is 0.188. The van der Waals surface area contributed by atoms with E-state index < -0.39 is 0 Å². The average Bonchev–Trinajstić information content (AvgIpc) is 3.39. The maximum Gasteiger partial charge on any atom is 0.271 e. The lowest BCUT2D eigenvalue weighted by Gasteiger charge is -2.06. The third kappa shape index (κ3) is 4.47. The number of amides is 1. The average molecular weight is 409 g/mol. The van der Waals surface area contributed by atoms with E-state index in [-0.39, 0.29) is 5.91 Å². The first-order chi connectivity index (χ1) is 13.7. The number of hydrogen-bond donors (Lipinski definition) is 1. The highest BCUT2D eigenvalue weighted by Crippen LogP contribution is 2.26. The van der Waals surface area contributed by atoms with Crippen molar-refractivity contribution < 1.29 is 4.79 Å². The van der Waals surface area contributed by atoms with E-state index in [4.69, 9.17) is 11.6 Å². The summed E-state index contributed by atoms with van der Waals surface area (Å²) in [5, 5.41) is 6.11. The first-order valence-corrected chi connectivity index (χ1v) is 9.96. The molecule has 0 fully saturated rings. The molecule has 0 radical (unpaired) electrons. The molecule has 0 unspecified atom stereocenters. The van der Waals surface area contributed by atoms with Crippen molar-refractivity contribution in [1.82, 2.24) is 19.9 Å². The molecule has 0 bridgehead atoms. The highest BCUT2D eigenvalue weighted by molar-refractivity contribution is 7.13. The van der Waals surface area contributed by atoms with Crippen molar-refractivity contribution in [3.05, 3.63) is 94.5 Å². The lowest BCUT2D eigenvalue weighted by molar-refractivity contribution is 0.0946. The zero-order valence-corrected chi connectivity index (χ0v) is 16.5. The third-order valence-electron chi connectivity index (χ3n) is 4.21. The van der Waals surface area contributed by atoms with Crippen molar-refractivity contribution in [3.63, 3.8) is 0 Å². The molecule has 4 rings (SSSR count). The van der Waals surface area contributed by atoms with Gasteiger partial charge in [0.2, 0.25) is 0 Å². The van der Waals surface area contributed by atoms with E-state index in [1.807, 2.05) is 47.2 Å². The Bertz CT molecular complexity index is 1070. The fraction of sp³-hybridized carbons (Fsp3) is 0.0952. The van der Waals surface area contributed by atoms with Crippen molar-refractivity contribution in [2.75, 3.05) is 0 Å². The molecule has 0 aliphatic heterocycles. The Hall–Kier alpha value is -2.96. The molecule has 1 N–H and O–H groups in total. The fourth-order valence-corrected chi connectivity index (χ4v) is 3.75. The molecule has 2 aromatic heterocycles. The van der Waals surface area contributed by atoms with Crippen LogP contribution in [0, 0.1) is 0 Å². The topological polar surface area (TPSA) is 59.8 Å². The van der Waals surface area contributed by atoms with Crippen LogP contribution in [0.1, 0.15) is 21.6 Å². The second-order valence-corrected chi connectivity index (χ2v) is 7.58. The zero-order chi connectivity index (χ0) is 19.3. The molecule has 0 aliphatic carbocycles. The van der Waals surface area contributed by atoms with Gasteiger partial charge in [0.1, 0.15) is 10.7 Å². The molecular formula is C21H17ClN4OS. The molecule has 7 heteroatoms. The summed E-state index contributed by atoms with van der Waals surface area (Å²) in [6.45, 7) is 1.23. The number of thiazole rings is 1. The van der Waals surface area contributed by atoms with E-state index in [2.05, 4.69) is 27.4 Å². The monoisotopic (exact) mass is 408 g/mol. The van der Waals surface area contributed by atoms with Crippen molar-refractivity contribution >= 4 is 28.8 Å². The fourth-order valence-electron chi connectivity index (χ4n) is 2.76. The molecule has 5 nitrogen and oxygen atoms in total. The van der Waals surface area contributed by atoms with Crippen LogP contribution in [0.3, 0.4) is 0 Å². The van der Waals surface area contributed by atoms with Gasteiger partial charge in [0, 0.05) is 41.4 Å². The lowest BCUT2D eigenvalue weighted by atomic mass is 10.1. The van der Waals surface area contributed by atoms with Crippen LogP contribution < -0.4 is 5.32 Å². The minimum atomic E-state index is -0.188. The van der Waals surface area contributed by atoms with Crippen LogP contribution in [0.4, 0.5) is 0 Å². The summed E-state index contributed by atoms with van der Waals surface area (Å²) in [6, 6.07) is 15.6. The summed E-state index contributed by atoms with van der Waals surface area (Å²) in [5.41, 5.74) is 3.54. The molecule has 0 saturated heterocycles. The Morgan fingerprint density at radius 1 is 1.14 bits per heavy atom. The maximum absolute atomic E-state index is 12.4. The standard InChI is InChI=1S/C21H17ClN4OS/c22-18-3-1-2-17(10-18)21-25-19(13-28-21)20(27)24-11-15-4-6-16(7-5-15)12-26-9-8-23-14-26/h1-10,13-14H,11-12H2,(H,24,27). The largest absolute Gasteiger partial charge is 0.347 e. The van der Waals surface area contributed by atoms with Gasteiger partial charge in [-0.15, -0.1) is 11.3 Å². The molecule has 0 aliphatic rings. The van der Waals surface area contributed by atoms with E-state index in [1.165, 1.54) is 16.9 Å². The van der Waals surface area contributed by atoms with Gasteiger partial charge in [-0.05, 0) is 23.3 Å². The van der Waals surface area contributed by atoms with Crippen LogP contribution >= 0.6 is 22.9 Å². The SMILES string of the molecule is O=C(NCc1ccc(Cn2ccnc2)cc1)c1csc(-c2cccc(Cl)c2)n1. The third-order valence-corrected chi connectivity index (χ3v) is 5.34.